The third kappa shape index (κ3) is 4.08. The lowest BCUT2D eigenvalue weighted by Crippen LogP contribution is -2.52. The van der Waals surface area contributed by atoms with Gasteiger partial charge < -0.3 is 9.80 Å². The van der Waals surface area contributed by atoms with E-state index in [1.165, 1.54) is 21.1 Å². The number of hydrogen-bond acceptors (Lipinski definition) is 4. The molecule has 6 nitrogen and oxygen atoms in total. The second-order valence-electron chi connectivity index (χ2n) is 9.30. The normalized spacial score (nSPS) is 16.6. The fraction of sp³-hybridized carbons (Fsp3) is 0.321. The first-order valence-corrected chi connectivity index (χ1v) is 13.6. The highest BCUT2D eigenvalue weighted by atomic mass is 32.2. The van der Waals surface area contributed by atoms with Gasteiger partial charge in [-0.3, -0.25) is 9.10 Å². The van der Waals surface area contributed by atoms with Crippen molar-refractivity contribution in [2.75, 3.05) is 41.9 Å². The number of rotatable bonds is 4. The molecule has 3 aromatic rings. The number of benzene rings is 3. The predicted molar refractivity (Wildman–Crippen MR) is 140 cm³/mol. The summed E-state index contributed by atoms with van der Waals surface area (Å²) in [6.45, 7) is 8.70. The second kappa shape index (κ2) is 9.04. The van der Waals surface area contributed by atoms with Gasteiger partial charge in [0.2, 0.25) is 5.91 Å². The van der Waals surface area contributed by atoms with Crippen molar-refractivity contribution < 1.29 is 13.2 Å². The van der Waals surface area contributed by atoms with Crippen LogP contribution < -0.4 is 9.21 Å². The standard InChI is InChI=1S/C28H31N3O3S/c1-4-22-12-13-26-24(18-22)23-9-5-6-11-27(23)35(33,34)31(26)19-28(32)30-16-14-29(15-17-30)25-10-7-8-20(2)21(25)3/h5-13,18H,4,14-17,19H2,1-3H3. The van der Waals surface area contributed by atoms with E-state index >= 15 is 0 Å². The molecule has 1 fully saturated rings. The molecule has 2 heterocycles. The van der Waals surface area contributed by atoms with Gasteiger partial charge in [-0.1, -0.05) is 43.3 Å². The Kier molecular flexibility index (Phi) is 6.05. The fourth-order valence-electron chi connectivity index (χ4n) is 5.07. The molecule has 0 spiro atoms. The van der Waals surface area contributed by atoms with Crippen LogP contribution in [0.25, 0.3) is 11.1 Å². The van der Waals surface area contributed by atoms with Crippen LogP contribution in [0.2, 0.25) is 0 Å². The van der Waals surface area contributed by atoms with E-state index in [4.69, 9.17) is 0 Å². The minimum atomic E-state index is -3.84. The maximum Gasteiger partial charge on any atom is 0.265 e. The predicted octanol–water partition coefficient (Wildman–Crippen LogP) is 4.39. The lowest BCUT2D eigenvalue weighted by atomic mass is 9.99. The van der Waals surface area contributed by atoms with Crippen LogP contribution >= 0.6 is 0 Å². The number of fused-ring (bicyclic) bond motifs is 3. The summed E-state index contributed by atoms with van der Waals surface area (Å²) in [7, 11) is -3.84. The van der Waals surface area contributed by atoms with Gasteiger partial charge in [0, 0.05) is 43.0 Å². The summed E-state index contributed by atoms with van der Waals surface area (Å²) >= 11 is 0. The third-order valence-corrected chi connectivity index (χ3v) is 9.13. The smallest absolute Gasteiger partial charge is 0.265 e. The molecule has 35 heavy (non-hydrogen) atoms. The Labute approximate surface area is 207 Å². The molecular formula is C28H31N3O3S. The number of nitrogens with zero attached hydrogens (tertiary/aromatic N) is 3. The summed E-state index contributed by atoms with van der Waals surface area (Å²) in [5.74, 6) is -0.168. The van der Waals surface area contributed by atoms with Crippen molar-refractivity contribution >= 4 is 27.3 Å². The molecule has 0 N–H and O–H groups in total. The molecule has 5 rings (SSSR count). The van der Waals surface area contributed by atoms with E-state index in [1.54, 1.807) is 17.0 Å². The van der Waals surface area contributed by atoms with Crippen LogP contribution in [0.15, 0.2) is 65.6 Å². The van der Waals surface area contributed by atoms with Crippen molar-refractivity contribution in [3.8, 4) is 11.1 Å². The topological polar surface area (TPSA) is 60.9 Å². The molecule has 7 heteroatoms. The van der Waals surface area contributed by atoms with Crippen molar-refractivity contribution in [2.45, 2.75) is 32.1 Å². The quantitative estimate of drug-likeness (QED) is 0.545. The number of sulfonamides is 1. The highest BCUT2D eigenvalue weighted by Gasteiger charge is 2.37. The number of hydrogen-bond donors (Lipinski definition) is 0. The first-order chi connectivity index (χ1) is 16.8. The van der Waals surface area contributed by atoms with E-state index < -0.39 is 10.0 Å². The molecule has 1 saturated heterocycles. The van der Waals surface area contributed by atoms with Crippen LogP contribution in [-0.4, -0.2) is 51.9 Å². The van der Waals surface area contributed by atoms with Crippen LogP contribution in [-0.2, 0) is 21.2 Å². The monoisotopic (exact) mass is 489 g/mol. The van der Waals surface area contributed by atoms with E-state index in [0.29, 0.717) is 24.3 Å². The fourth-order valence-corrected chi connectivity index (χ4v) is 6.71. The van der Waals surface area contributed by atoms with Gasteiger partial charge in [0.05, 0.1) is 10.6 Å². The zero-order valence-electron chi connectivity index (χ0n) is 20.5. The molecule has 0 saturated carbocycles. The number of carbonyl (C=O) groups excluding carboxylic acids is 1. The van der Waals surface area contributed by atoms with E-state index in [9.17, 15) is 13.2 Å². The Balaban J connectivity index is 1.38. The Morgan fingerprint density at radius 2 is 1.60 bits per heavy atom. The zero-order chi connectivity index (χ0) is 24.7. The molecular weight excluding hydrogens is 458 g/mol. The Bertz CT molecular complexity index is 1390. The average Bonchev–Trinajstić information content (AvgIpc) is 2.88. The SMILES string of the molecule is CCc1ccc2c(c1)-c1ccccc1S(=O)(=O)N2CC(=O)N1CCN(c2cccc(C)c2C)CC1. The number of amides is 1. The minimum absolute atomic E-state index is 0.168. The van der Waals surface area contributed by atoms with Gasteiger partial charge in [0.25, 0.3) is 10.0 Å². The molecule has 0 aromatic heterocycles. The molecule has 1 amide bonds. The van der Waals surface area contributed by atoms with Gasteiger partial charge in [-0.05, 0) is 61.2 Å². The van der Waals surface area contributed by atoms with Crippen LogP contribution in [0, 0.1) is 13.8 Å². The summed E-state index contributed by atoms with van der Waals surface area (Å²) in [4.78, 5) is 17.7. The molecule has 2 aliphatic rings. The largest absolute Gasteiger partial charge is 0.368 e. The molecule has 0 bridgehead atoms. The Hall–Kier alpha value is -3.32. The number of carbonyl (C=O) groups is 1. The Morgan fingerprint density at radius 3 is 2.34 bits per heavy atom. The van der Waals surface area contributed by atoms with E-state index in [2.05, 4.69) is 43.9 Å². The van der Waals surface area contributed by atoms with Crippen molar-refractivity contribution in [1.29, 1.82) is 0 Å². The number of anilines is 2. The third-order valence-electron chi connectivity index (χ3n) is 7.31. The lowest BCUT2D eigenvalue weighted by Gasteiger charge is -2.38. The second-order valence-corrected chi connectivity index (χ2v) is 11.1. The van der Waals surface area contributed by atoms with Crippen molar-refractivity contribution in [3.63, 3.8) is 0 Å². The highest BCUT2D eigenvalue weighted by molar-refractivity contribution is 7.93. The first-order valence-electron chi connectivity index (χ1n) is 12.1. The minimum Gasteiger partial charge on any atom is -0.368 e. The summed E-state index contributed by atoms with van der Waals surface area (Å²) in [6, 6.07) is 19.2. The molecule has 0 atom stereocenters. The van der Waals surface area contributed by atoms with Crippen LogP contribution in [0.1, 0.15) is 23.6 Å². The maximum absolute atomic E-state index is 13.6. The van der Waals surface area contributed by atoms with Crippen molar-refractivity contribution in [2.24, 2.45) is 0 Å². The van der Waals surface area contributed by atoms with Gasteiger partial charge in [-0.2, -0.15) is 0 Å². The van der Waals surface area contributed by atoms with Crippen LogP contribution in [0.4, 0.5) is 11.4 Å². The summed E-state index contributed by atoms with van der Waals surface area (Å²) in [5, 5.41) is 0. The van der Waals surface area contributed by atoms with E-state index in [1.807, 2.05) is 30.3 Å². The van der Waals surface area contributed by atoms with Crippen molar-refractivity contribution in [3.05, 3.63) is 77.4 Å². The molecule has 0 aliphatic carbocycles. The summed E-state index contributed by atoms with van der Waals surface area (Å²) in [5.41, 5.74) is 6.98. The van der Waals surface area contributed by atoms with E-state index in [0.717, 1.165) is 30.6 Å². The van der Waals surface area contributed by atoms with Crippen LogP contribution in [0.3, 0.4) is 0 Å². The molecule has 2 aliphatic heterocycles. The molecule has 182 valence electrons. The average molecular weight is 490 g/mol. The van der Waals surface area contributed by atoms with E-state index in [-0.39, 0.29) is 17.3 Å². The van der Waals surface area contributed by atoms with Gasteiger partial charge in [-0.15, -0.1) is 0 Å². The van der Waals surface area contributed by atoms with Crippen molar-refractivity contribution in [1.82, 2.24) is 4.90 Å². The molecule has 3 aromatic carbocycles. The first kappa shape index (κ1) is 23.4. The van der Waals surface area contributed by atoms with Gasteiger partial charge in [-0.25, -0.2) is 8.42 Å². The van der Waals surface area contributed by atoms with Crippen LogP contribution in [0.5, 0.6) is 0 Å². The summed E-state index contributed by atoms with van der Waals surface area (Å²) in [6.07, 6.45) is 0.853. The maximum atomic E-state index is 13.6. The van der Waals surface area contributed by atoms with Gasteiger partial charge >= 0.3 is 0 Å². The van der Waals surface area contributed by atoms with Gasteiger partial charge in [0.1, 0.15) is 6.54 Å². The zero-order valence-corrected chi connectivity index (χ0v) is 21.3. The molecule has 0 unspecified atom stereocenters. The lowest BCUT2D eigenvalue weighted by molar-refractivity contribution is -0.129. The highest BCUT2D eigenvalue weighted by Crippen LogP contribution is 2.43. The summed E-state index contributed by atoms with van der Waals surface area (Å²) < 4.78 is 28.5. The number of piperazine rings is 1. The molecule has 0 radical (unpaired) electrons. The number of aryl methyl sites for hydroxylation is 2. The Morgan fingerprint density at radius 1 is 0.857 bits per heavy atom. The van der Waals surface area contributed by atoms with Gasteiger partial charge in [0.15, 0.2) is 0 Å².